The number of carbonyl (C=O) groups is 2. The van der Waals surface area contributed by atoms with Gasteiger partial charge in [0.25, 0.3) is 11.8 Å². The number of nitrogens with zero attached hydrogens (tertiary/aromatic N) is 5. The van der Waals surface area contributed by atoms with Gasteiger partial charge in [0.05, 0.1) is 67.2 Å². The molecule has 6 unspecified atom stereocenters. The summed E-state index contributed by atoms with van der Waals surface area (Å²) in [5.41, 5.74) is 3.68. The molecule has 15 atom stereocenters. The van der Waals surface area contributed by atoms with Crippen LogP contribution in [0.25, 0.3) is 0 Å². The minimum Gasteiger partial charge on any atom is -0.394 e. The minimum absolute atomic E-state index is 0.0565. The number of hydrogen-bond donors (Lipinski definition) is 15. The van der Waals surface area contributed by atoms with Gasteiger partial charge in [0, 0.05) is 24.3 Å². The number of anilines is 2. The van der Waals surface area contributed by atoms with Crippen molar-refractivity contribution in [2.45, 2.75) is 131 Å². The monoisotopic (exact) mass is 1200 g/mol. The van der Waals surface area contributed by atoms with Crippen LogP contribution in [0.2, 0.25) is 5.02 Å². The number of ether oxygens (including phenoxy) is 5. The highest BCUT2D eigenvalue weighted by atomic mass is 35.5. The Balaban J connectivity index is 0.000000333. The van der Waals surface area contributed by atoms with Gasteiger partial charge in [-0.15, -0.1) is 11.5 Å². The van der Waals surface area contributed by atoms with Crippen LogP contribution in [0.3, 0.4) is 0 Å². The molecule has 0 saturated carbocycles. The second-order valence-corrected chi connectivity index (χ2v) is 19.6. The summed E-state index contributed by atoms with van der Waals surface area (Å²) >= 11 is 5.71. The molecule has 31 heteroatoms. The number of hydrazone groups is 1. The zero-order chi connectivity index (χ0) is 60.7. The number of alkyl halides is 3. The largest absolute Gasteiger partial charge is 0.417 e. The van der Waals surface area contributed by atoms with Gasteiger partial charge in [-0.2, -0.15) is 18.3 Å². The molecule has 0 bridgehead atoms. The average Bonchev–Trinajstić information content (AvgIpc) is 4.05. The lowest BCUT2D eigenvalue weighted by molar-refractivity contribution is -0.304. The van der Waals surface area contributed by atoms with E-state index in [1.807, 2.05) is 0 Å². The van der Waals surface area contributed by atoms with Crippen LogP contribution in [0.1, 0.15) is 62.4 Å². The van der Waals surface area contributed by atoms with E-state index in [4.69, 9.17) is 67.6 Å². The number of piperidine rings is 1. The van der Waals surface area contributed by atoms with Gasteiger partial charge in [-0.1, -0.05) is 40.9 Å². The number of aromatic nitrogens is 3. The SMILES string of the molecule is C#CCO[C@@H]1OC(CO)[C@H](O)C(O)[C@@H]1O.O=C(Nc1ccc(N2CCCCC2)cc1C(=O)N/N=C/c1ccc(Cl)c(C(F)(F)F)c1)c1cccc(Cn2cc(CO[C@H]3OC(CO)[C@H](O)C(O)[C@@H]3O)nn2)c1.OCC1O[C@H](O)[C@@H](O)C(O)[C@H]1O. The number of rotatable bonds is 16. The number of amides is 2. The zero-order valence-electron chi connectivity index (χ0n) is 43.9. The van der Waals surface area contributed by atoms with Crippen LogP contribution < -0.4 is 15.6 Å². The van der Waals surface area contributed by atoms with E-state index in [0.717, 1.165) is 56.4 Å². The second-order valence-electron chi connectivity index (χ2n) is 19.2. The Hall–Kier alpha value is -5.87. The van der Waals surface area contributed by atoms with Gasteiger partial charge in [-0.25, -0.2) is 10.1 Å². The van der Waals surface area contributed by atoms with Crippen molar-refractivity contribution in [1.82, 2.24) is 20.4 Å². The van der Waals surface area contributed by atoms with E-state index in [1.165, 1.54) is 10.7 Å². The highest BCUT2D eigenvalue weighted by Crippen LogP contribution is 2.35. The molecule has 4 aliphatic rings. The second kappa shape index (κ2) is 30.8. The van der Waals surface area contributed by atoms with E-state index in [-0.39, 0.29) is 42.1 Å². The van der Waals surface area contributed by atoms with Crippen molar-refractivity contribution in [2.75, 3.05) is 49.7 Å². The Morgan fingerprint density at radius 3 is 1.95 bits per heavy atom. The molecule has 0 radical (unpaired) electrons. The first-order chi connectivity index (χ1) is 39.5. The van der Waals surface area contributed by atoms with Gasteiger partial charge < -0.3 is 100 Å². The average molecular weight is 1200 g/mol. The van der Waals surface area contributed by atoms with Gasteiger partial charge in [0.1, 0.15) is 85.5 Å². The summed E-state index contributed by atoms with van der Waals surface area (Å²) in [7, 11) is 0. The Morgan fingerprint density at radius 2 is 1.35 bits per heavy atom. The van der Waals surface area contributed by atoms with E-state index in [2.05, 4.69) is 41.7 Å². The fourth-order valence-corrected chi connectivity index (χ4v) is 8.93. The molecular weight excluding hydrogens is 1140 g/mol. The molecule has 456 valence electrons. The summed E-state index contributed by atoms with van der Waals surface area (Å²) in [6, 6.07) is 15.0. The predicted octanol–water partition coefficient (Wildman–Crippen LogP) is -2.46. The Labute approximate surface area is 476 Å². The molecule has 5 heterocycles. The molecule has 27 nitrogen and oxygen atoms in total. The lowest BCUT2D eigenvalue weighted by Gasteiger charge is -2.39. The lowest BCUT2D eigenvalue weighted by Crippen LogP contribution is -2.59. The summed E-state index contributed by atoms with van der Waals surface area (Å²) in [6.45, 7) is -0.111. The van der Waals surface area contributed by atoms with E-state index < -0.39 is 141 Å². The maximum absolute atomic E-state index is 13.6. The number of benzene rings is 3. The fourth-order valence-electron chi connectivity index (χ4n) is 8.71. The minimum atomic E-state index is -4.68. The fraction of sp³-hybridized carbons (Fsp3) is 0.519. The van der Waals surface area contributed by atoms with Crippen LogP contribution in [0.15, 0.2) is 72.0 Å². The molecule has 15 N–H and O–H groups in total. The maximum atomic E-state index is 13.6. The molecule has 83 heavy (non-hydrogen) atoms. The number of carbonyl (C=O) groups excluding carboxylic acids is 2. The highest BCUT2D eigenvalue weighted by molar-refractivity contribution is 6.31. The standard InChI is InChI=1S/C37H39ClF3N7O8.C9H14O6.C6H12O6/c38-28-9-7-21(14-27(28)37(39,40)41)16-42-45-35(54)26-15-25(47-11-2-1-3-12-47)8-10-29(26)43-34(53)23-6-4-5-22(13-23)17-48-18-24(44-46-48)20-55-36-33(52)32(51)31(50)30(19-49)56-36;1-2-3-14-9-8(13)7(12)6(11)5(4-10)15-9;7-1-2-3(8)4(9)5(10)6(11)12-2/h4-10,13-16,18,30-33,36,49-52H,1-3,11-12,17,19-20H2,(H,43,53)(H,45,54);1,5-13H,3-4H2;2-11H,1H2/b42-16+;;/t30?,31-,32?,33-,36-;5?,6-,7?,8-,9+;2?,3-,4?,5-,6-/m000/s1. The molecule has 0 spiro atoms. The van der Waals surface area contributed by atoms with Crippen LogP contribution in [-0.4, -0.2) is 231 Å². The van der Waals surface area contributed by atoms with Gasteiger partial charge in [-0.3, -0.25) is 9.59 Å². The van der Waals surface area contributed by atoms with Gasteiger partial charge >= 0.3 is 6.18 Å². The summed E-state index contributed by atoms with van der Waals surface area (Å²) in [4.78, 5) is 29.2. The summed E-state index contributed by atoms with van der Waals surface area (Å²) < 4.78 is 66.9. The molecule has 2 amide bonds. The van der Waals surface area contributed by atoms with E-state index in [1.54, 1.807) is 48.7 Å². The first-order valence-corrected chi connectivity index (χ1v) is 26.0. The van der Waals surface area contributed by atoms with Crippen molar-refractivity contribution < 1.29 is 113 Å². The smallest absolute Gasteiger partial charge is 0.394 e. The quantitative estimate of drug-likeness (QED) is 0.0314. The third-order valence-electron chi connectivity index (χ3n) is 13.3. The summed E-state index contributed by atoms with van der Waals surface area (Å²) in [6.07, 6.45) is -14.5. The van der Waals surface area contributed by atoms with Gasteiger partial charge in [0.15, 0.2) is 18.9 Å². The molecule has 4 aromatic rings. The topological polar surface area (TPSA) is 414 Å². The van der Waals surface area contributed by atoms with Crippen molar-refractivity contribution in [1.29, 1.82) is 0 Å². The third-order valence-corrected chi connectivity index (χ3v) is 13.6. The summed E-state index contributed by atoms with van der Waals surface area (Å²) in [5.74, 6) is 0.947. The first kappa shape index (κ1) is 66.3. The van der Waals surface area contributed by atoms with Crippen molar-refractivity contribution in [2.24, 2.45) is 5.10 Å². The Kier molecular flexibility index (Phi) is 24.6. The number of terminal acetylenes is 1. The Bertz CT molecular complexity index is 2800. The molecule has 0 aliphatic carbocycles. The molecule has 3 aromatic carbocycles. The van der Waals surface area contributed by atoms with E-state index >= 15 is 0 Å². The number of aliphatic hydroxyl groups is 13. The normalized spacial score (nSPS) is 29.2. The van der Waals surface area contributed by atoms with Crippen LogP contribution in [0, 0.1) is 12.3 Å². The Morgan fingerprint density at radius 1 is 0.747 bits per heavy atom. The van der Waals surface area contributed by atoms with Crippen LogP contribution in [0.5, 0.6) is 0 Å². The molecule has 4 saturated heterocycles. The lowest BCUT2D eigenvalue weighted by atomic mass is 9.99. The molecule has 4 aliphatic heterocycles. The highest BCUT2D eigenvalue weighted by Gasteiger charge is 2.46. The number of halogens is 4. The zero-order valence-corrected chi connectivity index (χ0v) is 44.6. The maximum Gasteiger partial charge on any atom is 0.417 e. The number of hydrogen-bond acceptors (Lipinski definition) is 24. The van der Waals surface area contributed by atoms with Gasteiger partial charge in [-0.05, 0) is 72.9 Å². The third kappa shape index (κ3) is 17.6. The van der Waals surface area contributed by atoms with Crippen molar-refractivity contribution in [3.05, 3.63) is 105 Å². The van der Waals surface area contributed by atoms with Crippen molar-refractivity contribution in [3.8, 4) is 12.3 Å². The predicted molar refractivity (Wildman–Crippen MR) is 281 cm³/mol. The van der Waals surface area contributed by atoms with Crippen LogP contribution >= 0.6 is 11.6 Å². The summed E-state index contributed by atoms with van der Waals surface area (Å²) in [5, 5.41) is 136. The number of nitrogens with one attached hydrogen (secondary N) is 2. The first-order valence-electron chi connectivity index (χ1n) is 25.6. The molecule has 1 aromatic heterocycles. The van der Waals surface area contributed by atoms with E-state index in [0.29, 0.717) is 11.3 Å². The molecule has 4 fully saturated rings. The molecule has 8 rings (SSSR count). The van der Waals surface area contributed by atoms with Crippen LogP contribution in [0.4, 0.5) is 24.5 Å². The van der Waals surface area contributed by atoms with Crippen molar-refractivity contribution >= 4 is 41.0 Å². The number of aliphatic hydroxyl groups excluding tert-OH is 13. The molecular formula is C52H65ClF3N7O20. The van der Waals surface area contributed by atoms with E-state index in [9.17, 15) is 58.5 Å². The van der Waals surface area contributed by atoms with Crippen LogP contribution in [-0.2, 0) is 43.0 Å². The van der Waals surface area contributed by atoms with Crippen molar-refractivity contribution in [3.63, 3.8) is 0 Å². The van der Waals surface area contributed by atoms with Gasteiger partial charge in [0.2, 0.25) is 0 Å².